The molecular weight excluding hydrogens is 242 g/mol. The summed E-state index contributed by atoms with van der Waals surface area (Å²) < 4.78 is 7.22. The highest BCUT2D eigenvalue weighted by molar-refractivity contribution is 5.70. The number of imidazole rings is 1. The lowest BCUT2D eigenvalue weighted by Gasteiger charge is -2.27. The van der Waals surface area contributed by atoms with Crippen LogP contribution >= 0.6 is 0 Å². The van der Waals surface area contributed by atoms with Gasteiger partial charge in [-0.1, -0.05) is 0 Å². The summed E-state index contributed by atoms with van der Waals surface area (Å²) >= 11 is 0. The van der Waals surface area contributed by atoms with E-state index in [2.05, 4.69) is 21.4 Å². The van der Waals surface area contributed by atoms with Crippen LogP contribution in [0.1, 0.15) is 44.8 Å². The maximum absolute atomic E-state index is 11.8. The lowest BCUT2D eigenvalue weighted by Crippen LogP contribution is -2.30. The van der Waals surface area contributed by atoms with Crippen molar-refractivity contribution in [3.8, 4) is 0 Å². The number of nitrogens with zero attached hydrogens (tertiary/aromatic N) is 3. The maximum atomic E-state index is 11.8. The Hall–Kier alpha value is -1.36. The fourth-order valence-electron chi connectivity index (χ4n) is 2.72. The van der Waals surface area contributed by atoms with E-state index in [4.69, 9.17) is 4.74 Å². The van der Waals surface area contributed by atoms with E-state index in [1.165, 1.54) is 12.8 Å². The third-order valence-corrected chi connectivity index (χ3v) is 3.67. The number of rotatable bonds is 6. The van der Waals surface area contributed by atoms with Gasteiger partial charge in [0.15, 0.2) is 0 Å². The van der Waals surface area contributed by atoms with Crippen LogP contribution in [0.5, 0.6) is 0 Å². The van der Waals surface area contributed by atoms with Crippen LogP contribution in [0.4, 0.5) is 0 Å². The van der Waals surface area contributed by atoms with E-state index in [9.17, 15) is 4.79 Å². The van der Waals surface area contributed by atoms with E-state index < -0.39 is 0 Å². The number of hydrogen-bond donors (Lipinski definition) is 0. The molecule has 106 valence electrons. The molecule has 0 saturated carbocycles. The fourth-order valence-corrected chi connectivity index (χ4v) is 2.72. The zero-order valence-electron chi connectivity index (χ0n) is 11.8. The molecule has 1 fully saturated rings. The molecule has 0 spiro atoms. The van der Waals surface area contributed by atoms with Crippen LogP contribution < -0.4 is 0 Å². The number of aryl methyl sites for hydroxylation is 1. The minimum Gasteiger partial charge on any atom is -0.466 e. The van der Waals surface area contributed by atoms with Gasteiger partial charge in [0, 0.05) is 12.7 Å². The molecule has 5 nitrogen and oxygen atoms in total. The highest BCUT2D eigenvalue weighted by atomic mass is 16.5. The molecule has 2 heterocycles. The molecule has 0 N–H and O–H groups in total. The van der Waals surface area contributed by atoms with Crippen molar-refractivity contribution in [3.05, 3.63) is 18.2 Å². The highest BCUT2D eigenvalue weighted by Crippen LogP contribution is 2.28. The van der Waals surface area contributed by atoms with E-state index >= 15 is 0 Å². The van der Waals surface area contributed by atoms with E-state index in [1.54, 1.807) is 0 Å². The molecule has 1 atom stereocenters. The molecule has 0 radical (unpaired) electrons. The molecular formula is C14H23N3O2. The predicted molar refractivity (Wildman–Crippen MR) is 72.7 cm³/mol. The average Bonchev–Trinajstić information content (AvgIpc) is 3.07. The average molecular weight is 265 g/mol. The Bertz CT molecular complexity index is 411. The van der Waals surface area contributed by atoms with Gasteiger partial charge >= 0.3 is 5.97 Å². The maximum Gasteiger partial charge on any atom is 0.307 e. The molecule has 1 saturated heterocycles. The van der Waals surface area contributed by atoms with Crippen LogP contribution in [0.15, 0.2) is 12.5 Å². The normalized spacial score (nSPS) is 17.6. The van der Waals surface area contributed by atoms with Gasteiger partial charge in [0.05, 0.1) is 31.1 Å². The third-order valence-electron chi connectivity index (χ3n) is 3.67. The summed E-state index contributed by atoms with van der Waals surface area (Å²) in [6, 6.07) is 0.101. The van der Waals surface area contributed by atoms with Gasteiger partial charge in [-0.2, -0.15) is 0 Å². The van der Waals surface area contributed by atoms with Crippen LogP contribution in [0.3, 0.4) is 0 Å². The van der Waals surface area contributed by atoms with Crippen molar-refractivity contribution in [2.45, 2.75) is 45.7 Å². The standard InChI is InChI=1S/C14H23N3O2/c1-3-16-11-15-10-13(16)12(9-14(18)19-4-2)17-7-5-6-8-17/h10-12H,3-9H2,1-2H3. The number of hydrogen-bond acceptors (Lipinski definition) is 4. The molecule has 0 bridgehead atoms. The zero-order chi connectivity index (χ0) is 13.7. The SMILES string of the molecule is CCOC(=O)CC(c1cncn1CC)N1CCCC1. The number of carbonyl (C=O) groups excluding carboxylic acids is 1. The van der Waals surface area contributed by atoms with Crippen LogP contribution in [-0.2, 0) is 16.1 Å². The Morgan fingerprint density at radius 1 is 1.42 bits per heavy atom. The molecule has 0 amide bonds. The van der Waals surface area contributed by atoms with Gasteiger partial charge in [-0.15, -0.1) is 0 Å². The topological polar surface area (TPSA) is 47.4 Å². The summed E-state index contributed by atoms with van der Waals surface area (Å²) in [6.07, 6.45) is 6.55. The Morgan fingerprint density at radius 3 is 2.79 bits per heavy atom. The first-order chi connectivity index (χ1) is 9.26. The van der Waals surface area contributed by atoms with Crippen LogP contribution in [-0.4, -0.2) is 40.1 Å². The summed E-state index contributed by atoms with van der Waals surface area (Å²) in [5, 5.41) is 0. The van der Waals surface area contributed by atoms with Crippen molar-refractivity contribution in [2.75, 3.05) is 19.7 Å². The minimum absolute atomic E-state index is 0.101. The second-order valence-corrected chi connectivity index (χ2v) is 4.87. The van der Waals surface area contributed by atoms with E-state index in [-0.39, 0.29) is 12.0 Å². The van der Waals surface area contributed by atoms with Gasteiger partial charge in [-0.25, -0.2) is 4.98 Å². The number of esters is 1. The molecule has 1 unspecified atom stereocenters. The first-order valence-corrected chi connectivity index (χ1v) is 7.16. The quantitative estimate of drug-likeness (QED) is 0.738. The number of aromatic nitrogens is 2. The van der Waals surface area contributed by atoms with Crippen molar-refractivity contribution < 1.29 is 9.53 Å². The monoisotopic (exact) mass is 265 g/mol. The van der Waals surface area contributed by atoms with Gasteiger partial charge in [-0.3, -0.25) is 9.69 Å². The van der Waals surface area contributed by atoms with Crippen LogP contribution in [0.25, 0.3) is 0 Å². The lowest BCUT2D eigenvalue weighted by atomic mass is 10.1. The Balaban J connectivity index is 2.16. The van der Waals surface area contributed by atoms with E-state index in [0.717, 1.165) is 25.3 Å². The van der Waals surface area contributed by atoms with E-state index in [0.29, 0.717) is 13.0 Å². The van der Waals surface area contributed by atoms with Gasteiger partial charge < -0.3 is 9.30 Å². The molecule has 1 aliphatic heterocycles. The molecule has 0 aromatic carbocycles. The summed E-state index contributed by atoms with van der Waals surface area (Å²) in [7, 11) is 0. The smallest absolute Gasteiger partial charge is 0.307 e. The van der Waals surface area contributed by atoms with Gasteiger partial charge in [-0.05, 0) is 39.8 Å². The molecule has 2 rings (SSSR count). The summed E-state index contributed by atoms with van der Waals surface area (Å²) in [5.41, 5.74) is 1.12. The van der Waals surface area contributed by atoms with Crippen molar-refractivity contribution in [1.29, 1.82) is 0 Å². The van der Waals surface area contributed by atoms with Crippen LogP contribution in [0.2, 0.25) is 0 Å². The number of carbonyl (C=O) groups is 1. The van der Waals surface area contributed by atoms with Crippen LogP contribution in [0, 0.1) is 0 Å². The summed E-state index contributed by atoms with van der Waals surface area (Å²) in [6.45, 7) is 7.37. The van der Waals surface area contributed by atoms with Crippen molar-refractivity contribution in [2.24, 2.45) is 0 Å². The van der Waals surface area contributed by atoms with Crippen molar-refractivity contribution in [3.63, 3.8) is 0 Å². The molecule has 5 heteroatoms. The van der Waals surface area contributed by atoms with Crippen molar-refractivity contribution in [1.82, 2.24) is 14.5 Å². The molecule has 1 aromatic heterocycles. The molecule has 1 aliphatic rings. The van der Waals surface area contributed by atoms with Gasteiger partial charge in [0.25, 0.3) is 0 Å². The Kier molecular flexibility index (Phi) is 4.96. The summed E-state index contributed by atoms with van der Waals surface area (Å²) in [5.74, 6) is -0.122. The summed E-state index contributed by atoms with van der Waals surface area (Å²) in [4.78, 5) is 18.4. The molecule has 19 heavy (non-hydrogen) atoms. The highest BCUT2D eigenvalue weighted by Gasteiger charge is 2.28. The lowest BCUT2D eigenvalue weighted by molar-refractivity contribution is -0.144. The Morgan fingerprint density at radius 2 is 2.16 bits per heavy atom. The molecule has 1 aromatic rings. The predicted octanol–water partition coefficient (Wildman–Crippen LogP) is 1.99. The first kappa shape index (κ1) is 14.1. The second kappa shape index (κ2) is 6.70. The zero-order valence-corrected chi connectivity index (χ0v) is 11.8. The number of ether oxygens (including phenoxy) is 1. The van der Waals surface area contributed by atoms with Gasteiger partial charge in [0.1, 0.15) is 0 Å². The Labute approximate surface area is 114 Å². The first-order valence-electron chi connectivity index (χ1n) is 7.16. The fraction of sp³-hybridized carbons (Fsp3) is 0.714. The van der Waals surface area contributed by atoms with E-state index in [1.807, 2.05) is 19.4 Å². The third kappa shape index (κ3) is 3.35. The molecule has 0 aliphatic carbocycles. The van der Waals surface area contributed by atoms with Crippen molar-refractivity contribution >= 4 is 5.97 Å². The minimum atomic E-state index is -0.122. The number of likely N-dealkylation sites (tertiary alicyclic amines) is 1. The van der Waals surface area contributed by atoms with Gasteiger partial charge in [0.2, 0.25) is 0 Å². The second-order valence-electron chi connectivity index (χ2n) is 4.87. The largest absolute Gasteiger partial charge is 0.466 e.